The van der Waals surface area contributed by atoms with Crippen LogP contribution in [0, 0.1) is 25.6 Å². The van der Waals surface area contributed by atoms with Crippen molar-refractivity contribution < 1.29 is 28.5 Å². The first-order valence-corrected chi connectivity index (χ1v) is 8.45. The average Bonchev–Trinajstić information content (AvgIpc) is 3.36. The third-order valence-corrected chi connectivity index (χ3v) is 4.75. The zero-order valence-corrected chi connectivity index (χ0v) is 15.4. The molecule has 0 aliphatic heterocycles. The fourth-order valence-corrected chi connectivity index (χ4v) is 3.16. The molecule has 27 heavy (non-hydrogen) atoms. The van der Waals surface area contributed by atoms with E-state index in [1.54, 1.807) is 26.1 Å². The molecule has 0 radical (unpaired) electrons. The third-order valence-electron chi connectivity index (χ3n) is 4.75. The van der Waals surface area contributed by atoms with Gasteiger partial charge in [0.15, 0.2) is 24.1 Å². The molecule has 0 unspecified atom stereocenters. The van der Waals surface area contributed by atoms with Crippen LogP contribution in [-0.4, -0.2) is 41.6 Å². The monoisotopic (exact) mass is 376 g/mol. The number of aliphatic carboxylic acids is 1. The molecule has 0 bridgehead atoms. The molecule has 3 rings (SSSR count). The van der Waals surface area contributed by atoms with Gasteiger partial charge in [0.2, 0.25) is 0 Å². The lowest BCUT2D eigenvalue weighted by Crippen LogP contribution is -2.24. The van der Waals surface area contributed by atoms with E-state index in [4.69, 9.17) is 14.2 Å². The lowest BCUT2D eigenvalue weighted by molar-refractivity contribution is -0.139. The van der Waals surface area contributed by atoms with Crippen LogP contribution in [0.3, 0.4) is 0 Å². The first-order valence-electron chi connectivity index (χ1n) is 8.45. The maximum atomic E-state index is 14.3. The zero-order valence-electron chi connectivity index (χ0n) is 15.4. The molecule has 1 aromatic carbocycles. The summed E-state index contributed by atoms with van der Waals surface area (Å²) in [5, 5.41) is 9.46. The summed E-state index contributed by atoms with van der Waals surface area (Å²) < 4.78 is 30.1. The molecular formula is C19H21FN2O5. The summed E-state index contributed by atoms with van der Waals surface area (Å²) in [5.74, 6) is -0.999. The summed E-state index contributed by atoms with van der Waals surface area (Å²) in [6, 6.07) is 4.44. The molecular weight excluding hydrogens is 355 g/mol. The van der Waals surface area contributed by atoms with Gasteiger partial charge in [-0.3, -0.25) is 4.79 Å². The Morgan fingerprint density at radius 2 is 2.11 bits per heavy atom. The van der Waals surface area contributed by atoms with Crippen LogP contribution in [0.4, 0.5) is 4.39 Å². The zero-order chi connectivity index (χ0) is 19.6. The summed E-state index contributed by atoms with van der Waals surface area (Å²) in [5.41, 5.74) is 0.423. The van der Waals surface area contributed by atoms with Crippen LogP contribution in [0.15, 0.2) is 24.4 Å². The minimum atomic E-state index is -0.935. The van der Waals surface area contributed by atoms with E-state index < -0.39 is 23.1 Å². The molecule has 2 atom stereocenters. The second-order valence-electron chi connectivity index (χ2n) is 6.60. The number of carboxylic acids is 1. The standard InChI is InChI=1S/C19H21FN2O5/c1-11-17(8-21-12(2)22-11)26-9-19(7-14(19)18(23)24)13-4-5-16(15(20)6-13)27-10-25-3/h4-6,8,14H,7,9-10H2,1-3H3,(H,23,24)/t14-,19+/m0/s1. The Hall–Kier alpha value is -2.74. The van der Waals surface area contributed by atoms with Crippen molar-refractivity contribution in [2.45, 2.75) is 25.7 Å². The van der Waals surface area contributed by atoms with Gasteiger partial charge in [-0.1, -0.05) is 6.07 Å². The molecule has 2 aromatic rings. The van der Waals surface area contributed by atoms with Crippen molar-refractivity contribution in [1.29, 1.82) is 0 Å². The number of aryl methyl sites for hydroxylation is 2. The molecule has 144 valence electrons. The Labute approximate surface area is 156 Å². The molecule has 1 fully saturated rings. The number of rotatable bonds is 8. The van der Waals surface area contributed by atoms with Gasteiger partial charge in [-0.2, -0.15) is 0 Å². The fourth-order valence-electron chi connectivity index (χ4n) is 3.16. The second-order valence-corrected chi connectivity index (χ2v) is 6.60. The Balaban J connectivity index is 1.83. The fraction of sp³-hybridized carbons (Fsp3) is 0.421. The molecule has 8 heteroatoms. The molecule has 1 aromatic heterocycles. The Kier molecular flexibility index (Phi) is 5.27. The highest BCUT2D eigenvalue weighted by Gasteiger charge is 2.60. The predicted octanol–water partition coefficient (Wildman–Crippen LogP) is 2.64. The lowest BCUT2D eigenvalue weighted by Gasteiger charge is -2.19. The van der Waals surface area contributed by atoms with Crippen LogP contribution in [0.5, 0.6) is 11.5 Å². The van der Waals surface area contributed by atoms with Crippen LogP contribution in [0.1, 0.15) is 23.5 Å². The Morgan fingerprint density at radius 3 is 2.70 bits per heavy atom. The van der Waals surface area contributed by atoms with Gasteiger partial charge >= 0.3 is 5.97 Å². The van der Waals surface area contributed by atoms with E-state index in [-0.39, 0.29) is 19.1 Å². The predicted molar refractivity (Wildman–Crippen MR) is 93.3 cm³/mol. The molecule has 0 saturated heterocycles. The van der Waals surface area contributed by atoms with E-state index in [0.717, 1.165) is 0 Å². The third kappa shape index (κ3) is 3.85. The first-order chi connectivity index (χ1) is 12.9. The average molecular weight is 376 g/mol. The number of carboxylic acid groups (broad SMARTS) is 1. The maximum absolute atomic E-state index is 14.3. The van der Waals surface area contributed by atoms with Gasteiger partial charge in [0.25, 0.3) is 0 Å². The van der Waals surface area contributed by atoms with Crippen molar-refractivity contribution in [3.05, 3.63) is 47.3 Å². The Bertz CT molecular complexity index is 860. The largest absolute Gasteiger partial charge is 0.489 e. The number of nitrogens with zero attached hydrogens (tertiary/aromatic N) is 2. The number of carbonyl (C=O) groups is 1. The normalized spacial score (nSPS) is 21.0. The van der Waals surface area contributed by atoms with E-state index in [1.165, 1.54) is 19.2 Å². The minimum absolute atomic E-state index is 0.0481. The van der Waals surface area contributed by atoms with E-state index in [9.17, 15) is 14.3 Å². The van der Waals surface area contributed by atoms with Crippen LogP contribution >= 0.6 is 0 Å². The van der Waals surface area contributed by atoms with Crippen LogP contribution in [-0.2, 0) is 14.9 Å². The van der Waals surface area contributed by atoms with E-state index in [0.29, 0.717) is 29.3 Å². The van der Waals surface area contributed by atoms with Crippen LogP contribution in [0.25, 0.3) is 0 Å². The molecule has 1 heterocycles. The van der Waals surface area contributed by atoms with Gasteiger partial charge in [0, 0.05) is 12.5 Å². The van der Waals surface area contributed by atoms with E-state index in [2.05, 4.69) is 9.97 Å². The molecule has 7 nitrogen and oxygen atoms in total. The number of hydrogen-bond donors (Lipinski definition) is 1. The smallest absolute Gasteiger partial charge is 0.307 e. The molecule has 1 N–H and O–H groups in total. The summed E-state index contributed by atoms with van der Waals surface area (Å²) >= 11 is 0. The molecule has 0 spiro atoms. The number of ether oxygens (including phenoxy) is 3. The number of halogens is 1. The van der Waals surface area contributed by atoms with Crippen molar-refractivity contribution in [3.8, 4) is 11.5 Å². The second kappa shape index (κ2) is 7.48. The van der Waals surface area contributed by atoms with Gasteiger partial charge in [0.05, 0.1) is 24.4 Å². The van der Waals surface area contributed by atoms with E-state index >= 15 is 0 Å². The molecule has 1 aliphatic carbocycles. The van der Waals surface area contributed by atoms with Crippen molar-refractivity contribution in [2.75, 3.05) is 20.5 Å². The van der Waals surface area contributed by atoms with E-state index in [1.807, 2.05) is 0 Å². The van der Waals surface area contributed by atoms with Gasteiger partial charge in [0.1, 0.15) is 5.82 Å². The number of methoxy groups -OCH3 is 1. The summed E-state index contributed by atoms with van der Waals surface area (Å²) in [4.78, 5) is 19.9. The highest BCUT2D eigenvalue weighted by atomic mass is 19.1. The quantitative estimate of drug-likeness (QED) is 0.708. The maximum Gasteiger partial charge on any atom is 0.307 e. The van der Waals surface area contributed by atoms with Crippen LogP contribution in [0.2, 0.25) is 0 Å². The SMILES string of the molecule is COCOc1ccc([C@]2(COc3cnc(C)nc3C)C[C@H]2C(=O)O)cc1F. The molecule has 1 saturated carbocycles. The van der Waals surface area contributed by atoms with Gasteiger partial charge < -0.3 is 19.3 Å². The lowest BCUT2D eigenvalue weighted by atomic mass is 9.93. The van der Waals surface area contributed by atoms with Gasteiger partial charge in [-0.05, 0) is 38.0 Å². The van der Waals surface area contributed by atoms with Crippen molar-refractivity contribution >= 4 is 5.97 Å². The summed E-state index contributed by atoms with van der Waals surface area (Å²) in [6.45, 7) is 3.58. The van der Waals surface area contributed by atoms with Crippen molar-refractivity contribution in [1.82, 2.24) is 9.97 Å². The van der Waals surface area contributed by atoms with Gasteiger partial charge in [-0.25, -0.2) is 14.4 Å². The topological polar surface area (TPSA) is 90.8 Å². The number of aromatic nitrogens is 2. The number of benzene rings is 1. The molecule has 0 amide bonds. The van der Waals surface area contributed by atoms with Crippen molar-refractivity contribution in [3.63, 3.8) is 0 Å². The van der Waals surface area contributed by atoms with Crippen LogP contribution < -0.4 is 9.47 Å². The molecule has 1 aliphatic rings. The van der Waals surface area contributed by atoms with Crippen molar-refractivity contribution in [2.24, 2.45) is 5.92 Å². The summed E-state index contributed by atoms with van der Waals surface area (Å²) in [7, 11) is 1.44. The Morgan fingerprint density at radius 1 is 1.33 bits per heavy atom. The first kappa shape index (κ1) is 19.0. The van der Waals surface area contributed by atoms with Gasteiger partial charge in [-0.15, -0.1) is 0 Å². The summed E-state index contributed by atoms with van der Waals surface area (Å²) in [6.07, 6.45) is 1.93. The number of hydrogen-bond acceptors (Lipinski definition) is 6. The highest BCUT2D eigenvalue weighted by molar-refractivity contribution is 5.77. The minimum Gasteiger partial charge on any atom is -0.489 e. The highest BCUT2D eigenvalue weighted by Crippen LogP contribution is 2.55.